The molecule has 0 aliphatic heterocycles. The molecule has 19 heavy (non-hydrogen) atoms. The monoisotopic (exact) mass is 248 g/mol. The van der Waals surface area contributed by atoms with Crippen LogP contribution < -0.4 is 0 Å². The van der Waals surface area contributed by atoms with Crippen molar-refractivity contribution in [2.24, 2.45) is 0 Å². The number of hydrogen-bond acceptors (Lipinski definition) is 1. The van der Waals surface area contributed by atoms with Crippen LogP contribution in [0.1, 0.15) is 40.9 Å². The fourth-order valence-electron chi connectivity index (χ4n) is 2.74. The van der Waals surface area contributed by atoms with E-state index < -0.39 is 0 Å². The Bertz CT molecular complexity index is 678. The summed E-state index contributed by atoms with van der Waals surface area (Å²) in [5.74, 6) is 0.128. The van der Waals surface area contributed by atoms with Crippen LogP contribution in [0.15, 0.2) is 48.5 Å². The van der Waals surface area contributed by atoms with E-state index in [0.29, 0.717) is 0 Å². The highest BCUT2D eigenvalue weighted by Crippen LogP contribution is 2.38. The maximum absolute atomic E-state index is 11.5. The third kappa shape index (κ3) is 2.01. The van der Waals surface area contributed by atoms with Crippen molar-refractivity contribution in [3.8, 4) is 0 Å². The summed E-state index contributed by atoms with van der Waals surface area (Å²) in [4.78, 5) is 11.5. The second-order valence-corrected chi connectivity index (χ2v) is 5.07. The Hall–Kier alpha value is -2.15. The van der Waals surface area contributed by atoms with Crippen molar-refractivity contribution in [2.45, 2.75) is 20.3 Å². The number of fused-ring (bicyclic) bond motifs is 1. The number of carbonyl (C=O) groups is 1. The topological polar surface area (TPSA) is 17.1 Å². The molecule has 0 radical (unpaired) electrons. The van der Waals surface area contributed by atoms with Crippen LogP contribution >= 0.6 is 0 Å². The summed E-state index contributed by atoms with van der Waals surface area (Å²) in [6.07, 6.45) is 0.962. The smallest absolute Gasteiger partial charge is 0.159 e. The van der Waals surface area contributed by atoms with Gasteiger partial charge in [-0.25, -0.2) is 0 Å². The normalized spacial score (nSPS) is 13.6. The van der Waals surface area contributed by atoms with E-state index in [2.05, 4.69) is 37.3 Å². The molecule has 0 unspecified atom stereocenters. The van der Waals surface area contributed by atoms with Gasteiger partial charge in [0.15, 0.2) is 5.78 Å². The number of allylic oxidation sites excluding steroid dienone is 2. The second-order valence-electron chi connectivity index (χ2n) is 5.07. The molecule has 2 aromatic rings. The van der Waals surface area contributed by atoms with Gasteiger partial charge < -0.3 is 0 Å². The third-order valence-corrected chi connectivity index (χ3v) is 3.86. The van der Waals surface area contributed by atoms with Gasteiger partial charge in [0.2, 0.25) is 0 Å². The van der Waals surface area contributed by atoms with Crippen LogP contribution in [0.4, 0.5) is 0 Å². The molecule has 0 saturated carbocycles. The Balaban J connectivity index is 2.09. The summed E-state index contributed by atoms with van der Waals surface area (Å²) in [5.41, 5.74) is 7.29. The highest BCUT2D eigenvalue weighted by molar-refractivity contribution is 6.00. The van der Waals surface area contributed by atoms with E-state index in [-0.39, 0.29) is 5.78 Å². The Morgan fingerprint density at radius 2 is 1.79 bits per heavy atom. The van der Waals surface area contributed by atoms with E-state index >= 15 is 0 Å². The molecule has 0 aromatic heterocycles. The van der Waals surface area contributed by atoms with Crippen molar-refractivity contribution < 1.29 is 4.79 Å². The lowest BCUT2D eigenvalue weighted by Gasteiger charge is -2.04. The van der Waals surface area contributed by atoms with Gasteiger partial charge in [-0.15, -0.1) is 0 Å². The van der Waals surface area contributed by atoms with Gasteiger partial charge in [-0.05, 0) is 54.2 Å². The summed E-state index contributed by atoms with van der Waals surface area (Å²) < 4.78 is 0. The predicted molar refractivity (Wildman–Crippen MR) is 79.1 cm³/mol. The fourth-order valence-corrected chi connectivity index (χ4v) is 2.74. The number of Topliss-reactive ketones (excluding diaryl/α,β-unsaturated/α-hetero) is 1. The SMILES string of the molecule is CC(=O)c1ccc2c(c1)C(C)=C(c1ccccc1)C2. The molecule has 0 atom stereocenters. The summed E-state index contributed by atoms with van der Waals surface area (Å²) in [6, 6.07) is 16.5. The van der Waals surface area contributed by atoms with Gasteiger partial charge in [0, 0.05) is 5.56 Å². The van der Waals surface area contributed by atoms with Gasteiger partial charge in [0.05, 0.1) is 0 Å². The molecule has 3 rings (SSSR count). The fraction of sp³-hybridized carbons (Fsp3) is 0.167. The molecule has 0 fully saturated rings. The van der Waals surface area contributed by atoms with Crippen LogP contribution in [0.25, 0.3) is 11.1 Å². The first kappa shape index (κ1) is 11.9. The minimum absolute atomic E-state index is 0.128. The second kappa shape index (κ2) is 4.51. The molecule has 0 bridgehead atoms. The Kier molecular flexibility index (Phi) is 2.83. The zero-order chi connectivity index (χ0) is 13.4. The van der Waals surface area contributed by atoms with E-state index in [1.807, 2.05) is 18.2 Å². The molecule has 0 N–H and O–H groups in total. The molecule has 1 aliphatic rings. The maximum Gasteiger partial charge on any atom is 0.159 e. The lowest BCUT2D eigenvalue weighted by Crippen LogP contribution is -1.94. The molecule has 0 heterocycles. The van der Waals surface area contributed by atoms with Crippen LogP contribution in [0.5, 0.6) is 0 Å². The number of carbonyl (C=O) groups excluding carboxylic acids is 1. The molecule has 2 aromatic carbocycles. The Morgan fingerprint density at radius 1 is 1.05 bits per heavy atom. The lowest BCUT2D eigenvalue weighted by atomic mass is 10.0. The van der Waals surface area contributed by atoms with Gasteiger partial charge in [-0.1, -0.05) is 42.5 Å². The summed E-state index contributed by atoms with van der Waals surface area (Å²) >= 11 is 0. The van der Waals surface area contributed by atoms with Crippen LogP contribution in [0, 0.1) is 0 Å². The first-order chi connectivity index (χ1) is 9.16. The third-order valence-electron chi connectivity index (χ3n) is 3.86. The first-order valence-corrected chi connectivity index (χ1v) is 6.56. The van der Waals surface area contributed by atoms with Gasteiger partial charge in [0.25, 0.3) is 0 Å². The van der Waals surface area contributed by atoms with Crippen LogP contribution in [0.2, 0.25) is 0 Å². The Labute approximate surface area is 113 Å². The standard InChI is InChI=1S/C18H16O/c1-12-17(14-6-4-3-5-7-14)11-16-9-8-15(13(2)19)10-18(12)16/h3-10H,11H2,1-2H3. The van der Waals surface area contributed by atoms with Crippen LogP contribution in [-0.4, -0.2) is 5.78 Å². The molecule has 0 saturated heterocycles. The van der Waals surface area contributed by atoms with Crippen molar-refractivity contribution in [1.29, 1.82) is 0 Å². The largest absolute Gasteiger partial charge is 0.295 e. The van der Waals surface area contributed by atoms with Crippen molar-refractivity contribution in [3.63, 3.8) is 0 Å². The van der Waals surface area contributed by atoms with Gasteiger partial charge >= 0.3 is 0 Å². The predicted octanol–water partition coefficient (Wildman–Crippen LogP) is 4.38. The average molecular weight is 248 g/mol. The van der Waals surface area contributed by atoms with Crippen LogP contribution in [-0.2, 0) is 6.42 Å². The van der Waals surface area contributed by atoms with E-state index in [1.165, 1.54) is 27.8 Å². The van der Waals surface area contributed by atoms with Crippen molar-refractivity contribution in [2.75, 3.05) is 0 Å². The van der Waals surface area contributed by atoms with E-state index in [4.69, 9.17) is 0 Å². The average Bonchev–Trinajstić information content (AvgIpc) is 2.77. The van der Waals surface area contributed by atoms with Crippen LogP contribution in [0.3, 0.4) is 0 Å². The number of benzene rings is 2. The maximum atomic E-state index is 11.5. The molecule has 0 spiro atoms. The minimum Gasteiger partial charge on any atom is -0.295 e. The highest BCUT2D eigenvalue weighted by atomic mass is 16.1. The van der Waals surface area contributed by atoms with Crippen molar-refractivity contribution in [1.82, 2.24) is 0 Å². The summed E-state index contributed by atoms with van der Waals surface area (Å²) in [6.45, 7) is 3.77. The van der Waals surface area contributed by atoms with E-state index in [1.54, 1.807) is 6.92 Å². The number of rotatable bonds is 2. The zero-order valence-corrected chi connectivity index (χ0v) is 11.2. The first-order valence-electron chi connectivity index (χ1n) is 6.56. The van der Waals surface area contributed by atoms with Crippen molar-refractivity contribution in [3.05, 3.63) is 70.8 Å². The number of hydrogen-bond donors (Lipinski definition) is 0. The molecular weight excluding hydrogens is 232 g/mol. The Morgan fingerprint density at radius 3 is 2.47 bits per heavy atom. The summed E-state index contributed by atoms with van der Waals surface area (Å²) in [5, 5.41) is 0. The molecule has 0 amide bonds. The molecule has 1 aliphatic carbocycles. The van der Waals surface area contributed by atoms with Crippen molar-refractivity contribution >= 4 is 16.9 Å². The van der Waals surface area contributed by atoms with Gasteiger partial charge in [-0.2, -0.15) is 0 Å². The zero-order valence-electron chi connectivity index (χ0n) is 11.2. The van der Waals surface area contributed by atoms with E-state index in [0.717, 1.165) is 12.0 Å². The highest BCUT2D eigenvalue weighted by Gasteiger charge is 2.20. The molecular formula is C18H16O. The summed E-state index contributed by atoms with van der Waals surface area (Å²) in [7, 11) is 0. The van der Waals surface area contributed by atoms with E-state index in [9.17, 15) is 4.79 Å². The van der Waals surface area contributed by atoms with Gasteiger partial charge in [0.1, 0.15) is 0 Å². The molecule has 94 valence electrons. The lowest BCUT2D eigenvalue weighted by molar-refractivity contribution is 0.101. The molecule has 1 heteroatoms. The minimum atomic E-state index is 0.128. The van der Waals surface area contributed by atoms with Gasteiger partial charge in [-0.3, -0.25) is 4.79 Å². The quantitative estimate of drug-likeness (QED) is 0.721. The molecule has 1 nitrogen and oxygen atoms in total. The number of ketones is 1.